The number of esters is 2. The van der Waals surface area contributed by atoms with Gasteiger partial charge in [0.25, 0.3) is 0 Å². The molecule has 280 valence electrons. The molecule has 2 aromatic carbocycles. The van der Waals surface area contributed by atoms with E-state index in [1.165, 1.54) is 30.7 Å². The van der Waals surface area contributed by atoms with E-state index in [2.05, 4.69) is 76.2 Å². The van der Waals surface area contributed by atoms with Crippen molar-refractivity contribution < 1.29 is 28.9 Å². The van der Waals surface area contributed by atoms with E-state index >= 15 is 0 Å². The Morgan fingerprint density at radius 3 is 2.58 bits per heavy atom. The van der Waals surface area contributed by atoms with E-state index in [1.807, 2.05) is 6.92 Å². The van der Waals surface area contributed by atoms with Gasteiger partial charge in [-0.3, -0.25) is 19.4 Å². The summed E-state index contributed by atoms with van der Waals surface area (Å²) in [4.78, 5) is 41.0. The summed E-state index contributed by atoms with van der Waals surface area (Å²) in [7, 11) is 6.87. The highest BCUT2D eigenvalue weighted by molar-refractivity contribution is 5.95. The molecule has 0 spiro atoms. The lowest BCUT2D eigenvalue weighted by atomic mass is 9.56. The Morgan fingerprint density at radius 2 is 1.85 bits per heavy atom. The monoisotopic (exact) mass is 720 g/mol. The van der Waals surface area contributed by atoms with E-state index in [1.54, 1.807) is 7.11 Å². The number of fused-ring (bicyclic) bond motifs is 9. The van der Waals surface area contributed by atoms with Crippen LogP contribution in [-0.2, 0) is 37.3 Å². The van der Waals surface area contributed by atoms with E-state index in [4.69, 9.17) is 14.2 Å². The first-order chi connectivity index (χ1) is 25.6. The summed E-state index contributed by atoms with van der Waals surface area (Å²) >= 11 is 0. The molecule has 6 aliphatic rings. The number of carbonyl (C=O) groups is 2. The van der Waals surface area contributed by atoms with Gasteiger partial charge in [-0.2, -0.15) is 0 Å². The molecule has 1 unspecified atom stereocenters. The van der Waals surface area contributed by atoms with Gasteiger partial charge >= 0.3 is 11.9 Å². The van der Waals surface area contributed by atoms with Crippen LogP contribution in [-0.4, -0.2) is 103 Å². The zero-order chi connectivity index (χ0) is 36.9. The number of ether oxygens (including phenoxy) is 3. The fraction of sp³-hybridized carbons (Fsp3) is 0.535. The third kappa shape index (κ3) is 4.87. The van der Waals surface area contributed by atoms with Crippen LogP contribution in [0.2, 0.25) is 0 Å². The molecule has 10 heteroatoms. The Kier molecular flexibility index (Phi) is 8.33. The lowest BCUT2D eigenvalue weighted by Gasteiger charge is -2.58. The number of nitrogens with one attached hydrogen (secondary N) is 2. The van der Waals surface area contributed by atoms with Crippen molar-refractivity contribution in [3.63, 3.8) is 0 Å². The maximum absolute atomic E-state index is 14.4. The number of aliphatic hydroxyl groups is 1. The molecule has 6 bridgehead atoms. The van der Waals surface area contributed by atoms with Crippen molar-refractivity contribution >= 4 is 33.7 Å². The summed E-state index contributed by atoms with van der Waals surface area (Å²) in [5.41, 5.74) is 7.83. The molecule has 0 amide bonds. The van der Waals surface area contributed by atoms with Gasteiger partial charge < -0.3 is 29.3 Å². The number of benzene rings is 2. The van der Waals surface area contributed by atoms with Crippen LogP contribution >= 0.6 is 0 Å². The number of rotatable bonds is 5. The van der Waals surface area contributed by atoms with E-state index < -0.39 is 11.5 Å². The van der Waals surface area contributed by atoms with Crippen LogP contribution in [0.1, 0.15) is 67.1 Å². The number of hydrogen-bond donors (Lipinski definition) is 3. The first-order valence-corrected chi connectivity index (χ1v) is 19.4. The van der Waals surface area contributed by atoms with Crippen LogP contribution in [0, 0.1) is 23.7 Å². The maximum atomic E-state index is 14.4. The SMILES string of the molecule is C/C=C1/CN(C)[C@H]2Cc3c([nH]c4ccccc34)[C@@H](c3c(OC)ccc4c5c([nH]c34)[C@]3(C(=O)OC)C[C@H]4C[C@H]([C@H](C)O)[C@@H]3N(CC5)C4)C[C@@H]1[C@@H]2C(=O)OC. The molecule has 10 nitrogen and oxygen atoms in total. The van der Waals surface area contributed by atoms with Crippen LogP contribution in [0.25, 0.3) is 21.8 Å². The summed E-state index contributed by atoms with van der Waals surface area (Å²) in [6.45, 7) is 6.48. The van der Waals surface area contributed by atoms with E-state index in [0.717, 1.165) is 77.2 Å². The van der Waals surface area contributed by atoms with Crippen molar-refractivity contribution in [2.75, 3.05) is 48.0 Å². The molecule has 1 saturated carbocycles. The molecule has 4 aliphatic heterocycles. The third-order valence-electron chi connectivity index (χ3n) is 14.2. The van der Waals surface area contributed by atoms with Gasteiger partial charge in [-0.1, -0.05) is 29.8 Å². The number of aliphatic hydroxyl groups excluding tert-OH is 1. The van der Waals surface area contributed by atoms with Gasteiger partial charge in [-0.05, 0) is 94.2 Å². The third-order valence-corrected chi connectivity index (χ3v) is 14.2. The second-order valence-electron chi connectivity index (χ2n) is 16.5. The van der Waals surface area contributed by atoms with Crippen molar-refractivity contribution in [2.45, 2.75) is 75.5 Å². The van der Waals surface area contributed by atoms with E-state index in [0.29, 0.717) is 19.3 Å². The number of likely N-dealkylation sites (tertiary alicyclic amines) is 1. The van der Waals surface area contributed by atoms with E-state index in [-0.39, 0.29) is 53.6 Å². The molecule has 2 aliphatic carbocycles. The largest absolute Gasteiger partial charge is 0.496 e. The van der Waals surface area contributed by atoms with Gasteiger partial charge in [0.1, 0.15) is 11.2 Å². The van der Waals surface area contributed by atoms with Crippen molar-refractivity contribution in [2.24, 2.45) is 23.7 Å². The van der Waals surface area contributed by atoms with Gasteiger partial charge in [0.2, 0.25) is 0 Å². The second kappa shape index (κ2) is 12.7. The first-order valence-electron chi connectivity index (χ1n) is 19.4. The Balaban J connectivity index is 1.32. The smallest absolute Gasteiger partial charge is 0.319 e. The van der Waals surface area contributed by atoms with Crippen molar-refractivity contribution in [3.8, 4) is 5.75 Å². The number of likely N-dealkylation sites (N-methyl/N-ethyl adjacent to an activating group) is 1. The Hall–Kier alpha value is -4.12. The molecule has 10 atom stereocenters. The Bertz CT molecular complexity index is 2150. The molecule has 53 heavy (non-hydrogen) atoms. The summed E-state index contributed by atoms with van der Waals surface area (Å²) in [6.07, 6.45) is 5.39. The molecule has 2 aromatic heterocycles. The first kappa shape index (κ1) is 34.6. The van der Waals surface area contributed by atoms with Crippen LogP contribution in [0.4, 0.5) is 0 Å². The number of allylic oxidation sites excluding steroid dienone is 1. The molecule has 4 aromatic rings. The minimum absolute atomic E-state index is 0.0271. The van der Waals surface area contributed by atoms with Gasteiger partial charge in [0.05, 0.1) is 38.9 Å². The Morgan fingerprint density at radius 1 is 1.04 bits per heavy atom. The molecule has 6 heterocycles. The number of hydrogen-bond acceptors (Lipinski definition) is 8. The summed E-state index contributed by atoms with van der Waals surface area (Å²) in [6, 6.07) is 12.5. The van der Waals surface area contributed by atoms with Crippen molar-refractivity contribution in [1.29, 1.82) is 0 Å². The lowest BCUT2D eigenvalue weighted by Crippen LogP contribution is -2.68. The molecule has 4 fully saturated rings. The van der Waals surface area contributed by atoms with Crippen molar-refractivity contribution in [1.82, 2.24) is 19.8 Å². The zero-order valence-corrected chi connectivity index (χ0v) is 31.7. The predicted octanol–water partition coefficient (Wildman–Crippen LogP) is 5.46. The van der Waals surface area contributed by atoms with Gasteiger partial charge in [0, 0.05) is 76.8 Å². The number of methoxy groups -OCH3 is 3. The molecular weight excluding hydrogens is 668 g/mol. The normalized spacial score (nSPS) is 33.5. The molecule has 3 saturated heterocycles. The number of H-pyrrole nitrogens is 2. The van der Waals surface area contributed by atoms with E-state index in [9.17, 15) is 14.7 Å². The standard InChI is InChI=1S/C43H52N4O6/c1-7-24-21-46(3)33-18-30-25-10-8-9-11-32(25)44-37(30)31(17-29(24)35(33)41(49)52-5)36-34(51-4)13-12-26-27-14-15-47-20-23-16-28(22(2)48)40(47)43(19-23,42(50)53-6)39(27)45-38(26)36/h7-13,22-23,28-29,31,33,35,40,44-45,48H,14-21H2,1-6H3/b24-7-/t22-,23+,28+,29-,31+,33-,35-,40-,43+/m0/s1. The van der Waals surface area contributed by atoms with Crippen LogP contribution in [0.5, 0.6) is 5.75 Å². The molecule has 10 rings (SSSR count). The number of carbonyl (C=O) groups excluding carboxylic acids is 2. The lowest BCUT2D eigenvalue weighted by molar-refractivity contribution is -0.166. The molecular formula is C43H52N4O6. The fourth-order valence-corrected chi connectivity index (χ4v) is 12.1. The number of aromatic amines is 2. The molecule has 3 N–H and O–H groups in total. The summed E-state index contributed by atoms with van der Waals surface area (Å²) in [5.74, 6) is 0.0283. The highest BCUT2D eigenvalue weighted by Gasteiger charge is 2.64. The minimum atomic E-state index is -0.935. The topological polar surface area (TPSA) is 120 Å². The number of para-hydroxylation sites is 1. The minimum Gasteiger partial charge on any atom is -0.496 e. The van der Waals surface area contributed by atoms with Gasteiger partial charge in [-0.25, -0.2) is 0 Å². The zero-order valence-electron chi connectivity index (χ0n) is 31.7. The van der Waals surface area contributed by atoms with Crippen molar-refractivity contribution in [3.05, 3.63) is 76.1 Å². The maximum Gasteiger partial charge on any atom is 0.319 e. The average molecular weight is 721 g/mol. The predicted molar refractivity (Wildman–Crippen MR) is 203 cm³/mol. The average Bonchev–Trinajstić information content (AvgIpc) is 3.70. The summed E-state index contributed by atoms with van der Waals surface area (Å²) < 4.78 is 17.6. The Labute approximate surface area is 310 Å². The van der Waals surface area contributed by atoms with Crippen LogP contribution in [0.15, 0.2) is 48.0 Å². The van der Waals surface area contributed by atoms with Gasteiger partial charge in [-0.15, -0.1) is 0 Å². The highest BCUT2D eigenvalue weighted by atomic mass is 16.5. The number of piperidine rings is 3. The highest BCUT2D eigenvalue weighted by Crippen LogP contribution is 2.57. The fourth-order valence-electron chi connectivity index (χ4n) is 12.1. The summed E-state index contributed by atoms with van der Waals surface area (Å²) in [5, 5.41) is 13.4. The number of nitrogens with zero attached hydrogens (tertiary/aromatic N) is 2. The van der Waals surface area contributed by atoms with Crippen LogP contribution < -0.4 is 4.74 Å². The number of aromatic nitrogens is 2. The quantitative estimate of drug-likeness (QED) is 0.184. The second-order valence-corrected chi connectivity index (χ2v) is 16.5. The van der Waals surface area contributed by atoms with Gasteiger partial charge in [0.15, 0.2) is 0 Å². The van der Waals surface area contributed by atoms with Crippen LogP contribution in [0.3, 0.4) is 0 Å². The molecule has 0 radical (unpaired) electrons.